The molecule has 0 aliphatic heterocycles. The van der Waals surface area contributed by atoms with E-state index in [1.165, 1.54) is 7.11 Å². The van der Waals surface area contributed by atoms with E-state index in [0.29, 0.717) is 34.1 Å². The van der Waals surface area contributed by atoms with Gasteiger partial charge in [-0.25, -0.2) is 0 Å². The van der Waals surface area contributed by atoms with Crippen molar-refractivity contribution in [1.82, 2.24) is 4.98 Å². The number of nitrogens with zero attached hydrogens (tertiary/aromatic N) is 1. The third-order valence-corrected chi connectivity index (χ3v) is 3.92. The second kappa shape index (κ2) is 6.65. The predicted octanol–water partition coefficient (Wildman–Crippen LogP) is 3.67. The van der Waals surface area contributed by atoms with Crippen molar-refractivity contribution in [3.63, 3.8) is 0 Å². The van der Waals surface area contributed by atoms with Crippen LogP contribution >= 0.6 is 11.6 Å². The fourth-order valence-electron chi connectivity index (χ4n) is 2.45. The van der Waals surface area contributed by atoms with E-state index in [0.717, 1.165) is 10.9 Å². The maximum atomic E-state index is 12.2. The Labute approximate surface area is 143 Å². The minimum absolute atomic E-state index is 0.162. The van der Waals surface area contributed by atoms with Crippen LogP contribution in [0.3, 0.4) is 0 Å². The van der Waals surface area contributed by atoms with Crippen LogP contribution in [-0.2, 0) is 6.54 Å². The third-order valence-electron chi connectivity index (χ3n) is 3.68. The van der Waals surface area contributed by atoms with Gasteiger partial charge in [-0.15, -0.1) is 0 Å². The molecule has 1 heterocycles. The number of hydrogen-bond donors (Lipinski definition) is 2. The van der Waals surface area contributed by atoms with Crippen LogP contribution in [0, 0.1) is 11.3 Å². The van der Waals surface area contributed by atoms with Gasteiger partial charge in [0.1, 0.15) is 5.75 Å². The van der Waals surface area contributed by atoms with Crippen LogP contribution < -0.4 is 15.6 Å². The van der Waals surface area contributed by atoms with Crippen molar-refractivity contribution >= 4 is 28.2 Å². The number of ether oxygens (including phenoxy) is 1. The molecule has 3 aromatic rings. The van der Waals surface area contributed by atoms with Crippen molar-refractivity contribution in [2.45, 2.75) is 6.54 Å². The molecular weight excluding hydrogens is 326 g/mol. The van der Waals surface area contributed by atoms with Crippen molar-refractivity contribution in [3.05, 3.63) is 69.0 Å². The number of methoxy groups -OCH3 is 1. The number of pyridine rings is 1. The molecule has 0 atom stereocenters. The van der Waals surface area contributed by atoms with E-state index in [1.807, 2.05) is 6.07 Å². The number of hydrogen-bond acceptors (Lipinski definition) is 4. The van der Waals surface area contributed by atoms with Crippen LogP contribution in [0.15, 0.2) is 47.3 Å². The summed E-state index contributed by atoms with van der Waals surface area (Å²) in [6.45, 7) is 0.319. The largest absolute Gasteiger partial charge is 0.495 e. The van der Waals surface area contributed by atoms with Gasteiger partial charge in [0.15, 0.2) is 0 Å². The Balaban J connectivity index is 1.89. The van der Waals surface area contributed by atoms with Gasteiger partial charge in [-0.2, -0.15) is 5.26 Å². The molecule has 0 radical (unpaired) electrons. The second-order valence-electron chi connectivity index (χ2n) is 5.24. The summed E-state index contributed by atoms with van der Waals surface area (Å²) in [5, 5.41) is 13.6. The van der Waals surface area contributed by atoms with Crippen LogP contribution in [-0.4, -0.2) is 12.1 Å². The summed E-state index contributed by atoms with van der Waals surface area (Å²) < 4.78 is 5.28. The van der Waals surface area contributed by atoms with Gasteiger partial charge in [-0.1, -0.05) is 11.6 Å². The number of fused-ring (bicyclic) bond motifs is 1. The summed E-state index contributed by atoms with van der Waals surface area (Å²) in [6.07, 6.45) is 0. The van der Waals surface area contributed by atoms with Crippen molar-refractivity contribution in [2.75, 3.05) is 12.4 Å². The van der Waals surface area contributed by atoms with Crippen molar-refractivity contribution in [2.24, 2.45) is 0 Å². The average molecular weight is 340 g/mol. The molecule has 5 nitrogen and oxygen atoms in total. The van der Waals surface area contributed by atoms with Gasteiger partial charge < -0.3 is 15.0 Å². The number of rotatable bonds is 4. The highest BCUT2D eigenvalue weighted by Crippen LogP contribution is 2.26. The molecule has 0 fully saturated rings. The van der Waals surface area contributed by atoms with E-state index in [-0.39, 0.29) is 5.56 Å². The lowest BCUT2D eigenvalue weighted by Gasteiger charge is -2.11. The number of nitrogens with one attached hydrogen (secondary N) is 2. The molecule has 0 saturated carbocycles. The zero-order valence-electron chi connectivity index (χ0n) is 12.9. The molecular formula is C18H14ClN3O2. The van der Waals surface area contributed by atoms with Crippen molar-refractivity contribution in [1.29, 1.82) is 5.26 Å². The number of nitriles is 1. The van der Waals surface area contributed by atoms with Crippen LogP contribution in [0.5, 0.6) is 5.75 Å². The summed E-state index contributed by atoms with van der Waals surface area (Å²) >= 11 is 6.00. The topological polar surface area (TPSA) is 77.9 Å². The quantitative estimate of drug-likeness (QED) is 0.760. The Kier molecular flexibility index (Phi) is 4.41. The van der Waals surface area contributed by atoms with Gasteiger partial charge in [0, 0.05) is 34.1 Å². The molecule has 1 aromatic heterocycles. The second-order valence-corrected chi connectivity index (χ2v) is 5.67. The highest BCUT2D eigenvalue weighted by Gasteiger charge is 2.07. The van der Waals surface area contributed by atoms with E-state index >= 15 is 0 Å². The lowest BCUT2D eigenvalue weighted by molar-refractivity contribution is 0.416. The molecule has 0 aliphatic rings. The molecule has 120 valence electrons. The van der Waals surface area contributed by atoms with E-state index in [1.54, 1.807) is 36.4 Å². The zero-order chi connectivity index (χ0) is 17.1. The van der Waals surface area contributed by atoms with Gasteiger partial charge in [0.25, 0.3) is 5.56 Å². The average Bonchev–Trinajstić information content (AvgIpc) is 2.60. The predicted molar refractivity (Wildman–Crippen MR) is 94.6 cm³/mol. The van der Waals surface area contributed by atoms with E-state index < -0.39 is 0 Å². The summed E-state index contributed by atoms with van der Waals surface area (Å²) in [5.41, 5.74) is 2.38. The molecule has 6 heteroatoms. The van der Waals surface area contributed by atoms with Gasteiger partial charge >= 0.3 is 0 Å². The molecule has 0 spiro atoms. The number of benzene rings is 2. The van der Waals surface area contributed by atoms with Crippen LogP contribution in [0.1, 0.15) is 11.1 Å². The minimum atomic E-state index is -0.162. The maximum Gasteiger partial charge on any atom is 0.253 e. The molecule has 24 heavy (non-hydrogen) atoms. The number of aromatic nitrogens is 1. The Bertz CT molecular complexity index is 1010. The standard InChI is InChI=1S/C18H14ClN3O2/c1-24-17-6-11(9-20)2-4-16(17)21-10-13-7-12-8-14(19)3-5-15(12)22-18(13)23/h2-8,21H,10H2,1H3,(H,22,23). The summed E-state index contributed by atoms with van der Waals surface area (Å²) in [4.78, 5) is 15.0. The first-order valence-corrected chi connectivity index (χ1v) is 7.62. The smallest absolute Gasteiger partial charge is 0.253 e. The van der Waals surface area contributed by atoms with E-state index in [4.69, 9.17) is 21.6 Å². The molecule has 0 unspecified atom stereocenters. The summed E-state index contributed by atoms with van der Waals surface area (Å²) in [6, 6.07) is 14.3. The van der Waals surface area contributed by atoms with Gasteiger partial charge in [0.05, 0.1) is 24.4 Å². The third kappa shape index (κ3) is 3.19. The number of halogens is 1. The Hall–Kier alpha value is -2.97. The van der Waals surface area contributed by atoms with Gasteiger partial charge in [-0.05, 0) is 36.4 Å². The summed E-state index contributed by atoms with van der Waals surface area (Å²) in [7, 11) is 1.53. The van der Waals surface area contributed by atoms with Crippen molar-refractivity contribution < 1.29 is 4.74 Å². The highest BCUT2D eigenvalue weighted by molar-refractivity contribution is 6.31. The Morgan fingerprint density at radius 2 is 2.08 bits per heavy atom. The fourth-order valence-corrected chi connectivity index (χ4v) is 2.63. The molecule has 2 aromatic carbocycles. The lowest BCUT2D eigenvalue weighted by atomic mass is 10.1. The monoisotopic (exact) mass is 339 g/mol. The van der Waals surface area contributed by atoms with Gasteiger partial charge in [-0.3, -0.25) is 4.79 Å². The van der Waals surface area contributed by atoms with Crippen LogP contribution in [0.4, 0.5) is 5.69 Å². The SMILES string of the molecule is COc1cc(C#N)ccc1NCc1cc2cc(Cl)ccc2[nH]c1=O. The molecule has 3 rings (SSSR count). The molecule has 0 aliphatic carbocycles. The van der Waals surface area contributed by atoms with Crippen LogP contribution in [0.2, 0.25) is 5.02 Å². The first-order valence-electron chi connectivity index (χ1n) is 7.24. The molecule has 0 saturated heterocycles. The van der Waals surface area contributed by atoms with Crippen LogP contribution in [0.25, 0.3) is 10.9 Å². The zero-order valence-corrected chi connectivity index (χ0v) is 13.6. The number of H-pyrrole nitrogens is 1. The molecule has 0 amide bonds. The molecule has 0 bridgehead atoms. The fraction of sp³-hybridized carbons (Fsp3) is 0.111. The normalized spacial score (nSPS) is 10.4. The van der Waals surface area contributed by atoms with Crippen molar-refractivity contribution in [3.8, 4) is 11.8 Å². The minimum Gasteiger partial charge on any atom is -0.495 e. The first kappa shape index (κ1) is 15.9. The Morgan fingerprint density at radius 3 is 2.83 bits per heavy atom. The number of anilines is 1. The van der Waals surface area contributed by atoms with E-state index in [9.17, 15) is 4.79 Å². The molecule has 2 N–H and O–H groups in total. The lowest BCUT2D eigenvalue weighted by Crippen LogP contribution is -2.15. The highest BCUT2D eigenvalue weighted by atomic mass is 35.5. The number of aromatic amines is 1. The maximum absolute atomic E-state index is 12.2. The van der Waals surface area contributed by atoms with Gasteiger partial charge in [0.2, 0.25) is 0 Å². The van der Waals surface area contributed by atoms with E-state index in [2.05, 4.69) is 16.4 Å². The Morgan fingerprint density at radius 1 is 1.25 bits per heavy atom. The first-order chi connectivity index (χ1) is 11.6. The summed E-state index contributed by atoms with van der Waals surface area (Å²) in [5.74, 6) is 0.550.